The van der Waals surface area contributed by atoms with Gasteiger partial charge in [-0.05, 0) is 25.3 Å². The third-order valence-corrected chi connectivity index (χ3v) is 4.68. The number of fused-ring (bicyclic) bond motifs is 1. The van der Waals surface area contributed by atoms with Gasteiger partial charge in [0.1, 0.15) is 5.01 Å². The van der Waals surface area contributed by atoms with E-state index in [1.807, 2.05) is 0 Å². The van der Waals surface area contributed by atoms with E-state index in [2.05, 4.69) is 15.0 Å². The van der Waals surface area contributed by atoms with Gasteiger partial charge in [-0.15, -0.1) is 0 Å². The average molecular weight is 248 g/mol. The minimum Gasteiger partial charge on any atom is -0.330 e. The normalized spacial score (nSPS) is 25.2. The number of thiazole rings is 1. The van der Waals surface area contributed by atoms with Crippen molar-refractivity contribution in [2.75, 3.05) is 6.54 Å². The largest absolute Gasteiger partial charge is 0.330 e. The van der Waals surface area contributed by atoms with Crippen LogP contribution in [0.5, 0.6) is 0 Å². The zero-order valence-electron chi connectivity index (χ0n) is 9.67. The van der Waals surface area contributed by atoms with Crippen molar-refractivity contribution in [2.24, 2.45) is 11.7 Å². The lowest BCUT2D eigenvalue weighted by Crippen LogP contribution is -2.25. The van der Waals surface area contributed by atoms with E-state index >= 15 is 0 Å². The number of hydrogen-bond acceptors (Lipinski definition) is 5. The fraction of sp³-hybridized carbons (Fsp3) is 0.583. The first-order valence-electron chi connectivity index (χ1n) is 6.16. The van der Waals surface area contributed by atoms with Crippen LogP contribution in [0.4, 0.5) is 0 Å². The van der Waals surface area contributed by atoms with Crippen molar-refractivity contribution < 1.29 is 0 Å². The van der Waals surface area contributed by atoms with Crippen LogP contribution in [0.1, 0.15) is 36.6 Å². The average Bonchev–Trinajstić information content (AvgIpc) is 2.82. The van der Waals surface area contributed by atoms with E-state index in [1.165, 1.54) is 30.7 Å². The van der Waals surface area contributed by atoms with E-state index < -0.39 is 0 Å². The Morgan fingerprint density at radius 2 is 2.06 bits per heavy atom. The first-order chi connectivity index (χ1) is 8.38. The highest BCUT2D eigenvalue weighted by atomic mass is 32.1. The van der Waals surface area contributed by atoms with E-state index in [0.29, 0.717) is 11.8 Å². The van der Waals surface area contributed by atoms with Crippen LogP contribution in [-0.2, 0) is 0 Å². The third kappa shape index (κ3) is 2.05. The van der Waals surface area contributed by atoms with Crippen LogP contribution in [0.15, 0.2) is 12.4 Å². The fourth-order valence-electron chi connectivity index (χ4n) is 2.67. The predicted molar refractivity (Wildman–Crippen MR) is 69.0 cm³/mol. The van der Waals surface area contributed by atoms with Crippen LogP contribution in [0.3, 0.4) is 0 Å². The minimum absolute atomic E-state index is 0.523. The molecule has 2 atom stereocenters. The Kier molecular flexibility index (Phi) is 3.03. The topological polar surface area (TPSA) is 64.7 Å². The van der Waals surface area contributed by atoms with Crippen LogP contribution in [0, 0.1) is 5.92 Å². The van der Waals surface area contributed by atoms with Gasteiger partial charge in [0.25, 0.3) is 0 Å². The van der Waals surface area contributed by atoms with Crippen molar-refractivity contribution in [3.63, 3.8) is 0 Å². The third-order valence-electron chi connectivity index (χ3n) is 3.59. The van der Waals surface area contributed by atoms with Gasteiger partial charge in [0.2, 0.25) is 0 Å². The molecule has 0 radical (unpaired) electrons. The molecule has 1 saturated carbocycles. The Hall–Kier alpha value is -1.07. The van der Waals surface area contributed by atoms with E-state index in [4.69, 9.17) is 5.73 Å². The first-order valence-corrected chi connectivity index (χ1v) is 6.97. The van der Waals surface area contributed by atoms with Crippen LogP contribution >= 0.6 is 11.3 Å². The molecule has 0 spiro atoms. The Bertz CT molecular complexity index is 477. The molecule has 1 aliphatic carbocycles. The Labute approximate surface area is 104 Å². The molecule has 17 heavy (non-hydrogen) atoms. The van der Waals surface area contributed by atoms with E-state index in [1.54, 1.807) is 23.7 Å². The smallest absolute Gasteiger partial charge is 0.189 e. The van der Waals surface area contributed by atoms with Crippen molar-refractivity contribution >= 4 is 21.8 Å². The maximum absolute atomic E-state index is 5.87. The molecule has 0 amide bonds. The van der Waals surface area contributed by atoms with Gasteiger partial charge in [-0.2, -0.15) is 0 Å². The summed E-state index contributed by atoms with van der Waals surface area (Å²) < 4.78 is 0. The van der Waals surface area contributed by atoms with Gasteiger partial charge in [0, 0.05) is 18.3 Å². The first kappa shape index (κ1) is 11.0. The summed E-state index contributed by atoms with van der Waals surface area (Å²) in [4.78, 5) is 14.1. The monoisotopic (exact) mass is 248 g/mol. The standard InChI is InChI=1S/C12H16N4S/c13-7-8-3-1-2-4-9(8)11-16-10-12(17-11)15-6-5-14-10/h5-6,8-9H,1-4,7,13H2. The molecule has 2 N–H and O–H groups in total. The number of hydrogen-bond donors (Lipinski definition) is 1. The molecule has 0 aromatic carbocycles. The van der Waals surface area contributed by atoms with Gasteiger partial charge in [-0.3, -0.25) is 0 Å². The second kappa shape index (κ2) is 4.66. The summed E-state index contributed by atoms with van der Waals surface area (Å²) in [5, 5.41) is 1.18. The highest BCUT2D eigenvalue weighted by Gasteiger charge is 2.28. The van der Waals surface area contributed by atoms with E-state index in [-0.39, 0.29) is 0 Å². The summed E-state index contributed by atoms with van der Waals surface area (Å²) in [6, 6.07) is 0. The van der Waals surface area contributed by atoms with Crippen LogP contribution in [0.2, 0.25) is 0 Å². The summed E-state index contributed by atoms with van der Waals surface area (Å²) in [6.45, 7) is 0.765. The lowest BCUT2D eigenvalue weighted by atomic mass is 9.80. The molecule has 2 heterocycles. The highest BCUT2D eigenvalue weighted by Crippen LogP contribution is 2.39. The van der Waals surface area contributed by atoms with Gasteiger partial charge in [-0.25, -0.2) is 15.0 Å². The summed E-state index contributed by atoms with van der Waals surface area (Å²) >= 11 is 1.68. The minimum atomic E-state index is 0.523. The predicted octanol–water partition coefficient (Wildman–Crippen LogP) is 2.32. The fourth-order valence-corrected chi connectivity index (χ4v) is 3.76. The van der Waals surface area contributed by atoms with E-state index in [0.717, 1.165) is 17.0 Å². The molecule has 4 nitrogen and oxygen atoms in total. The van der Waals surface area contributed by atoms with Gasteiger partial charge in [0.15, 0.2) is 10.5 Å². The summed E-state index contributed by atoms with van der Waals surface area (Å²) in [6.07, 6.45) is 8.47. The molecule has 1 fully saturated rings. The van der Waals surface area contributed by atoms with Crippen molar-refractivity contribution in [3.05, 3.63) is 17.4 Å². The van der Waals surface area contributed by atoms with Crippen molar-refractivity contribution in [1.82, 2.24) is 15.0 Å². The molecule has 2 unspecified atom stereocenters. The van der Waals surface area contributed by atoms with Crippen LogP contribution in [-0.4, -0.2) is 21.5 Å². The maximum atomic E-state index is 5.87. The Morgan fingerprint density at radius 1 is 1.24 bits per heavy atom. The number of nitrogens with two attached hydrogens (primary N) is 1. The Morgan fingerprint density at radius 3 is 2.88 bits per heavy atom. The van der Waals surface area contributed by atoms with Crippen LogP contribution in [0.25, 0.3) is 10.5 Å². The van der Waals surface area contributed by atoms with Crippen molar-refractivity contribution in [3.8, 4) is 0 Å². The molecule has 1 aliphatic rings. The Balaban J connectivity index is 1.96. The van der Waals surface area contributed by atoms with Crippen LogP contribution < -0.4 is 5.73 Å². The molecule has 0 saturated heterocycles. The molecule has 2 aromatic rings. The van der Waals surface area contributed by atoms with Gasteiger partial charge >= 0.3 is 0 Å². The van der Waals surface area contributed by atoms with Crippen molar-refractivity contribution in [1.29, 1.82) is 0 Å². The summed E-state index contributed by atoms with van der Waals surface area (Å²) in [7, 11) is 0. The quantitative estimate of drug-likeness (QED) is 0.885. The number of rotatable bonds is 2. The molecule has 0 aliphatic heterocycles. The summed E-state index contributed by atoms with van der Waals surface area (Å²) in [5.74, 6) is 1.11. The second-order valence-electron chi connectivity index (χ2n) is 4.62. The molecule has 2 aromatic heterocycles. The van der Waals surface area contributed by atoms with E-state index in [9.17, 15) is 0 Å². The number of nitrogens with zero attached hydrogens (tertiary/aromatic N) is 3. The second-order valence-corrected chi connectivity index (χ2v) is 5.63. The zero-order valence-corrected chi connectivity index (χ0v) is 10.5. The maximum Gasteiger partial charge on any atom is 0.189 e. The molecule has 90 valence electrons. The molecule has 3 rings (SSSR count). The molecular weight excluding hydrogens is 232 g/mol. The SMILES string of the molecule is NCC1CCCCC1c1nc2nccnc2s1. The van der Waals surface area contributed by atoms with Crippen molar-refractivity contribution in [2.45, 2.75) is 31.6 Å². The molecule has 5 heteroatoms. The number of aromatic nitrogens is 3. The van der Waals surface area contributed by atoms with Gasteiger partial charge in [0.05, 0.1) is 0 Å². The van der Waals surface area contributed by atoms with Gasteiger partial charge in [-0.1, -0.05) is 24.2 Å². The zero-order chi connectivity index (χ0) is 11.7. The van der Waals surface area contributed by atoms with Gasteiger partial charge < -0.3 is 5.73 Å². The summed E-state index contributed by atoms with van der Waals surface area (Å²) in [5.41, 5.74) is 6.66. The lowest BCUT2D eigenvalue weighted by Gasteiger charge is -2.28. The molecule has 0 bridgehead atoms. The lowest BCUT2D eigenvalue weighted by molar-refractivity contribution is 0.314. The molecular formula is C12H16N4S. The highest BCUT2D eigenvalue weighted by molar-refractivity contribution is 7.18.